The second-order valence-electron chi connectivity index (χ2n) is 3.22. The van der Waals surface area contributed by atoms with Gasteiger partial charge >= 0.3 is 0 Å². The predicted molar refractivity (Wildman–Crippen MR) is 61.3 cm³/mol. The lowest BCUT2D eigenvalue weighted by molar-refractivity contribution is -0.112. The van der Waals surface area contributed by atoms with Gasteiger partial charge < -0.3 is 5.11 Å². The molecular weight excluding hydrogens is 222 g/mol. The third-order valence-corrected chi connectivity index (χ3v) is 1.90. The fraction of sp³-hybridized carbons (Fsp3) is 0.0909. The van der Waals surface area contributed by atoms with Gasteiger partial charge in [0.05, 0.1) is 5.56 Å². The zero-order chi connectivity index (χ0) is 12.8. The summed E-state index contributed by atoms with van der Waals surface area (Å²) in [6.07, 6.45) is 2.82. The van der Waals surface area contributed by atoms with Crippen LogP contribution >= 0.6 is 0 Å². The van der Waals surface area contributed by atoms with Crippen molar-refractivity contribution in [3.63, 3.8) is 0 Å². The van der Waals surface area contributed by atoms with Crippen LogP contribution < -0.4 is 0 Å². The van der Waals surface area contributed by atoms with E-state index in [1.165, 1.54) is 37.3 Å². The Morgan fingerprint density at radius 3 is 2.76 bits per heavy atom. The Morgan fingerprint density at radius 2 is 2.18 bits per heavy atom. The lowest BCUT2D eigenvalue weighted by Gasteiger charge is -2.01. The number of hydrogen-bond donors (Lipinski definition) is 1. The van der Waals surface area contributed by atoms with Crippen LogP contribution in [0.1, 0.15) is 22.8 Å². The van der Waals surface area contributed by atoms with Gasteiger partial charge in [0.2, 0.25) is 0 Å². The number of amides is 1. The van der Waals surface area contributed by atoms with Crippen LogP contribution in [0.4, 0.5) is 0 Å². The molecule has 1 amide bonds. The third-order valence-electron chi connectivity index (χ3n) is 1.90. The van der Waals surface area contributed by atoms with Crippen LogP contribution in [0.2, 0.25) is 0 Å². The summed E-state index contributed by atoms with van der Waals surface area (Å²) in [7, 11) is 0. The zero-order valence-electron chi connectivity index (χ0n) is 8.99. The first-order valence-electron chi connectivity index (χ1n) is 4.65. The van der Waals surface area contributed by atoms with Crippen molar-refractivity contribution in [2.75, 3.05) is 0 Å². The predicted octanol–water partition coefficient (Wildman–Crippen LogP) is 2.44. The second-order valence-corrected chi connectivity index (χ2v) is 3.22. The molecule has 0 aliphatic heterocycles. The number of phenols is 1. The van der Waals surface area contributed by atoms with Gasteiger partial charge in [0.25, 0.3) is 5.91 Å². The quantitative estimate of drug-likeness (QED) is 0.374. The highest BCUT2D eigenvalue weighted by atomic mass is 16.3. The molecule has 0 atom stereocenters. The highest BCUT2D eigenvalue weighted by molar-refractivity contribution is 5.98. The molecule has 0 aromatic heterocycles. The topological polar surface area (TPSA) is 103 Å². The molecule has 0 radical (unpaired) electrons. The zero-order valence-corrected chi connectivity index (χ0v) is 8.99. The number of carbonyl (C=O) groups is 2. The van der Waals surface area contributed by atoms with Gasteiger partial charge in [0.1, 0.15) is 5.75 Å². The number of hydrogen-bond acceptors (Lipinski definition) is 3. The number of azide groups is 1. The minimum Gasteiger partial charge on any atom is -0.507 e. The van der Waals surface area contributed by atoms with Gasteiger partial charge in [-0.1, -0.05) is 12.1 Å². The number of rotatable bonds is 3. The SMILES string of the molecule is CC(=O)/C=C/c1ccc(O)c(C(=O)N=[N+]=[N-])c1. The van der Waals surface area contributed by atoms with Crippen molar-refractivity contribution in [1.82, 2.24) is 0 Å². The molecule has 0 unspecified atom stereocenters. The van der Waals surface area contributed by atoms with E-state index in [2.05, 4.69) is 10.0 Å². The van der Waals surface area contributed by atoms with Crippen molar-refractivity contribution in [3.8, 4) is 5.75 Å². The van der Waals surface area contributed by atoms with Crippen molar-refractivity contribution < 1.29 is 14.7 Å². The average molecular weight is 231 g/mol. The molecule has 17 heavy (non-hydrogen) atoms. The summed E-state index contributed by atoms with van der Waals surface area (Å²) < 4.78 is 0. The van der Waals surface area contributed by atoms with Crippen LogP contribution in [0.3, 0.4) is 0 Å². The Labute approximate surface area is 96.8 Å². The van der Waals surface area contributed by atoms with Gasteiger partial charge in [-0.15, -0.1) is 0 Å². The number of carbonyl (C=O) groups excluding carboxylic acids is 2. The van der Waals surface area contributed by atoms with Crippen molar-refractivity contribution >= 4 is 17.8 Å². The van der Waals surface area contributed by atoms with E-state index in [-0.39, 0.29) is 17.1 Å². The van der Waals surface area contributed by atoms with Gasteiger partial charge in [0.15, 0.2) is 5.78 Å². The molecule has 0 aliphatic rings. The Kier molecular flexibility index (Phi) is 4.02. The number of nitrogens with zero attached hydrogens (tertiary/aromatic N) is 3. The number of allylic oxidation sites excluding steroid dienone is 1. The summed E-state index contributed by atoms with van der Waals surface area (Å²) in [5.41, 5.74) is 8.58. The largest absolute Gasteiger partial charge is 0.507 e. The van der Waals surface area contributed by atoms with Crippen LogP contribution in [-0.2, 0) is 4.79 Å². The highest BCUT2D eigenvalue weighted by Gasteiger charge is 2.09. The van der Waals surface area contributed by atoms with Crippen molar-refractivity contribution in [3.05, 3.63) is 45.8 Å². The summed E-state index contributed by atoms with van der Waals surface area (Å²) in [6, 6.07) is 4.16. The van der Waals surface area contributed by atoms with Crippen molar-refractivity contribution in [2.24, 2.45) is 5.11 Å². The molecule has 0 bridgehead atoms. The van der Waals surface area contributed by atoms with E-state index in [0.29, 0.717) is 5.56 Å². The highest BCUT2D eigenvalue weighted by Crippen LogP contribution is 2.20. The fourth-order valence-electron chi connectivity index (χ4n) is 1.14. The molecule has 0 fully saturated rings. The minimum absolute atomic E-state index is 0.103. The summed E-state index contributed by atoms with van der Waals surface area (Å²) >= 11 is 0. The smallest absolute Gasteiger partial charge is 0.252 e. The van der Waals surface area contributed by atoms with Crippen LogP contribution in [0, 0.1) is 0 Å². The number of aromatic hydroxyl groups is 1. The summed E-state index contributed by atoms with van der Waals surface area (Å²) in [4.78, 5) is 24.4. The molecule has 1 aromatic rings. The van der Waals surface area contributed by atoms with E-state index in [0.717, 1.165) is 0 Å². The summed E-state index contributed by atoms with van der Waals surface area (Å²) in [5, 5.41) is 12.3. The molecular formula is C11H9N3O3. The maximum atomic E-state index is 11.3. The first kappa shape index (κ1) is 12.5. The Balaban J connectivity index is 3.14. The molecule has 1 N–H and O–H groups in total. The molecule has 0 spiro atoms. The molecule has 1 rings (SSSR count). The van der Waals surface area contributed by atoms with Gasteiger partial charge in [-0.2, -0.15) is 0 Å². The Morgan fingerprint density at radius 1 is 1.47 bits per heavy atom. The molecule has 0 saturated carbocycles. The normalized spacial score (nSPS) is 9.94. The maximum Gasteiger partial charge on any atom is 0.252 e. The lowest BCUT2D eigenvalue weighted by atomic mass is 10.1. The van der Waals surface area contributed by atoms with Crippen LogP contribution in [0.25, 0.3) is 16.5 Å². The summed E-state index contributed by atoms with van der Waals surface area (Å²) in [6.45, 7) is 1.39. The van der Waals surface area contributed by atoms with E-state index in [1.807, 2.05) is 0 Å². The minimum atomic E-state index is -0.872. The molecule has 6 heteroatoms. The number of benzene rings is 1. The molecule has 1 aromatic carbocycles. The van der Waals surface area contributed by atoms with Gasteiger partial charge in [-0.3, -0.25) is 9.59 Å². The molecule has 86 valence electrons. The van der Waals surface area contributed by atoms with Gasteiger partial charge in [-0.05, 0) is 41.3 Å². The van der Waals surface area contributed by atoms with Gasteiger partial charge in [-0.25, -0.2) is 0 Å². The van der Waals surface area contributed by atoms with Crippen molar-refractivity contribution in [2.45, 2.75) is 6.92 Å². The number of ketones is 1. The fourth-order valence-corrected chi connectivity index (χ4v) is 1.14. The molecule has 6 nitrogen and oxygen atoms in total. The molecule has 0 heterocycles. The maximum absolute atomic E-state index is 11.3. The number of phenolic OH excluding ortho intramolecular Hbond substituents is 1. The van der Waals surface area contributed by atoms with E-state index in [1.54, 1.807) is 0 Å². The second kappa shape index (κ2) is 5.48. The van der Waals surface area contributed by atoms with Crippen molar-refractivity contribution in [1.29, 1.82) is 0 Å². The lowest BCUT2D eigenvalue weighted by Crippen LogP contribution is -1.94. The Hall–Kier alpha value is -2.59. The first-order valence-corrected chi connectivity index (χ1v) is 4.65. The van der Waals surface area contributed by atoms with Crippen LogP contribution in [0.5, 0.6) is 5.75 Å². The third kappa shape index (κ3) is 3.48. The molecule has 0 aliphatic carbocycles. The average Bonchev–Trinajstić information content (AvgIpc) is 2.28. The van der Waals surface area contributed by atoms with E-state index < -0.39 is 5.91 Å². The van der Waals surface area contributed by atoms with Crippen LogP contribution in [0.15, 0.2) is 29.4 Å². The first-order chi connectivity index (χ1) is 8.04. The van der Waals surface area contributed by atoms with E-state index in [9.17, 15) is 14.7 Å². The van der Waals surface area contributed by atoms with Gasteiger partial charge in [0, 0.05) is 4.91 Å². The standard InChI is InChI=1S/C11H9N3O3/c1-7(15)2-3-8-4-5-10(16)9(6-8)11(17)13-14-12/h2-6,16H,1H3/b3-2+. The van der Waals surface area contributed by atoms with E-state index in [4.69, 9.17) is 5.53 Å². The summed E-state index contributed by atoms with van der Waals surface area (Å²) in [5.74, 6) is -1.29. The van der Waals surface area contributed by atoms with E-state index >= 15 is 0 Å². The Bertz CT molecular complexity index is 543. The monoisotopic (exact) mass is 231 g/mol. The van der Waals surface area contributed by atoms with Crippen LogP contribution in [-0.4, -0.2) is 16.8 Å². The molecule has 0 saturated heterocycles.